The van der Waals surface area contributed by atoms with Crippen molar-refractivity contribution in [1.82, 2.24) is 0 Å². The van der Waals surface area contributed by atoms with Crippen LogP contribution in [0.25, 0.3) is 0 Å². The van der Waals surface area contributed by atoms with E-state index >= 15 is 0 Å². The minimum absolute atomic E-state index is 0.175. The van der Waals surface area contributed by atoms with E-state index < -0.39 is 17.8 Å². The number of carbonyl (C=O) groups is 1. The monoisotopic (exact) mass is 288 g/mol. The standard InChI is InChI=1S/C14H15ClF2O2/c15-11-5-4-9(12(16)17)8-10(11)14(13(18)19)6-2-1-3-7-14/h4-5,8,12H,1-3,6-7H2,(H,18,19). The van der Waals surface area contributed by atoms with Crippen LogP contribution in [0.1, 0.15) is 49.7 Å². The van der Waals surface area contributed by atoms with Gasteiger partial charge in [0.15, 0.2) is 0 Å². The smallest absolute Gasteiger partial charge is 0.314 e. The van der Waals surface area contributed by atoms with E-state index in [-0.39, 0.29) is 10.6 Å². The summed E-state index contributed by atoms with van der Waals surface area (Å²) >= 11 is 6.06. The van der Waals surface area contributed by atoms with E-state index in [1.807, 2.05) is 0 Å². The average Bonchev–Trinajstić information content (AvgIpc) is 2.39. The van der Waals surface area contributed by atoms with Crippen LogP contribution in [0.15, 0.2) is 18.2 Å². The van der Waals surface area contributed by atoms with Crippen molar-refractivity contribution in [2.75, 3.05) is 0 Å². The molecule has 0 spiro atoms. The van der Waals surface area contributed by atoms with E-state index in [9.17, 15) is 18.7 Å². The lowest BCUT2D eigenvalue weighted by Gasteiger charge is -2.34. The van der Waals surface area contributed by atoms with Gasteiger partial charge in [-0.2, -0.15) is 0 Å². The molecule has 0 radical (unpaired) electrons. The Bertz CT molecular complexity index is 482. The zero-order chi connectivity index (χ0) is 14.0. The van der Waals surface area contributed by atoms with Crippen molar-refractivity contribution in [3.63, 3.8) is 0 Å². The first-order valence-electron chi connectivity index (χ1n) is 6.29. The normalized spacial score (nSPS) is 18.5. The third-order valence-electron chi connectivity index (χ3n) is 3.87. The molecule has 1 aliphatic carbocycles. The maximum absolute atomic E-state index is 12.8. The molecule has 0 aromatic heterocycles. The molecule has 19 heavy (non-hydrogen) atoms. The van der Waals surface area contributed by atoms with Crippen molar-refractivity contribution in [2.45, 2.75) is 43.9 Å². The molecular formula is C14H15ClF2O2. The second-order valence-electron chi connectivity index (χ2n) is 4.99. The van der Waals surface area contributed by atoms with Crippen LogP contribution in [-0.2, 0) is 10.2 Å². The number of halogens is 3. The first-order valence-corrected chi connectivity index (χ1v) is 6.66. The van der Waals surface area contributed by atoms with Gasteiger partial charge in [0.2, 0.25) is 0 Å². The Hall–Kier alpha value is -1.16. The van der Waals surface area contributed by atoms with Crippen LogP contribution in [0.4, 0.5) is 8.78 Å². The summed E-state index contributed by atoms with van der Waals surface area (Å²) in [6.45, 7) is 0. The largest absolute Gasteiger partial charge is 0.481 e. The van der Waals surface area contributed by atoms with Crippen molar-refractivity contribution in [3.05, 3.63) is 34.3 Å². The lowest BCUT2D eigenvalue weighted by Crippen LogP contribution is -2.38. The maximum Gasteiger partial charge on any atom is 0.314 e. The van der Waals surface area contributed by atoms with Crippen molar-refractivity contribution < 1.29 is 18.7 Å². The predicted molar refractivity (Wildman–Crippen MR) is 68.8 cm³/mol. The summed E-state index contributed by atoms with van der Waals surface area (Å²) in [5, 5.41) is 9.81. The van der Waals surface area contributed by atoms with E-state index in [2.05, 4.69) is 0 Å². The van der Waals surface area contributed by atoms with Gasteiger partial charge in [-0.3, -0.25) is 4.79 Å². The summed E-state index contributed by atoms with van der Waals surface area (Å²) in [6, 6.07) is 3.87. The highest BCUT2D eigenvalue weighted by atomic mass is 35.5. The molecule has 1 aromatic rings. The Labute approximate surface area is 115 Å². The Morgan fingerprint density at radius 1 is 1.26 bits per heavy atom. The van der Waals surface area contributed by atoms with Crippen molar-refractivity contribution in [3.8, 4) is 0 Å². The van der Waals surface area contributed by atoms with Gasteiger partial charge in [-0.1, -0.05) is 36.9 Å². The van der Waals surface area contributed by atoms with Gasteiger partial charge in [-0.15, -0.1) is 0 Å². The molecule has 5 heteroatoms. The summed E-state index contributed by atoms with van der Waals surface area (Å²) < 4.78 is 25.6. The van der Waals surface area contributed by atoms with Gasteiger partial charge in [-0.25, -0.2) is 8.78 Å². The summed E-state index contributed by atoms with van der Waals surface area (Å²) in [4.78, 5) is 11.7. The van der Waals surface area contributed by atoms with Gasteiger partial charge < -0.3 is 5.11 Å². The molecule has 1 fully saturated rings. The fraction of sp³-hybridized carbons (Fsp3) is 0.500. The molecule has 1 N–H and O–H groups in total. The summed E-state index contributed by atoms with van der Waals surface area (Å²) in [5.74, 6) is -0.972. The molecule has 0 aliphatic heterocycles. The number of hydrogen-bond donors (Lipinski definition) is 1. The summed E-state index contributed by atoms with van der Waals surface area (Å²) in [6.07, 6.45) is 0.818. The zero-order valence-corrected chi connectivity index (χ0v) is 11.1. The highest BCUT2D eigenvalue weighted by Gasteiger charge is 2.42. The molecule has 0 heterocycles. The quantitative estimate of drug-likeness (QED) is 0.885. The minimum Gasteiger partial charge on any atom is -0.481 e. The van der Waals surface area contributed by atoms with E-state index in [1.54, 1.807) is 0 Å². The molecule has 2 rings (SSSR count). The number of benzene rings is 1. The molecule has 104 valence electrons. The molecule has 1 aromatic carbocycles. The number of hydrogen-bond acceptors (Lipinski definition) is 1. The van der Waals surface area contributed by atoms with Crippen LogP contribution < -0.4 is 0 Å². The summed E-state index contributed by atoms with van der Waals surface area (Å²) in [7, 11) is 0. The fourth-order valence-corrected chi connectivity index (χ4v) is 3.10. The van der Waals surface area contributed by atoms with Gasteiger partial charge in [0.1, 0.15) is 0 Å². The molecule has 1 saturated carbocycles. The van der Waals surface area contributed by atoms with Crippen LogP contribution >= 0.6 is 11.6 Å². The number of aliphatic carboxylic acids is 1. The van der Waals surface area contributed by atoms with E-state index in [1.165, 1.54) is 18.2 Å². The average molecular weight is 289 g/mol. The second-order valence-corrected chi connectivity index (χ2v) is 5.40. The molecule has 0 atom stereocenters. The molecule has 0 amide bonds. The van der Waals surface area contributed by atoms with Crippen molar-refractivity contribution in [1.29, 1.82) is 0 Å². The molecule has 2 nitrogen and oxygen atoms in total. The molecule has 1 aliphatic rings. The van der Waals surface area contributed by atoms with Gasteiger partial charge in [0.05, 0.1) is 5.41 Å². The third kappa shape index (κ3) is 2.59. The Morgan fingerprint density at radius 2 is 1.89 bits per heavy atom. The number of rotatable bonds is 3. The number of alkyl halides is 2. The number of carboxylic acid groups (broad SMARTS) is 1. The minimum atomic E-state index is -2.62. The van der Waals surface area contributed by atoms with Gasteiger partial charge in [-0.05, 0) is 30.5 Å². The fourth-order valence-electron chi connectivity index (χ4n) is 2.80. The van der Waals surface area contributed by atoms with Crippen LogP contribution in [0.3, 0.4) is 0 Å². The van der Waals surface area contributed by atoms with Gasteiger partial charge in [0, 0.05) is 10.6 Å². The first kappa shape index (κ1) is 14.3. The van der Waals surface area contributed by atoms with E-state index in [4.69, 9.17) is 11.6 Å². The van der Waals surface area contributed by atoms with Crippen LogP contribution in [-0.4, -0.2) is 11.1 Å². The molecular weight excluding hydrogens is 274 g/mol. The Balaban J connectivity index is 2.52. The zero-order valence-electron chi connectivity index (χ0n) is 10.3. The van der Waals surface area contributed by atoms with E-state index in [0.717, 1.165) is 19.3 Å². The predicted octanol–water partition coefficient (Wildman–Crippen LogP) is 4.56. The van der Waals surface area contributed by atoms with Crippen LogP contribution in [0.2, 0.25) is 5.02 Å². The lowest BCUT2D eigenvalue weighted by molar-refractivity contribution is -0.145. The maximum atomic E-state index is 12.8. The first-order chi connectivity index (χ1) is 8.97. The Morgan fingerprint density at radius 3 is 2.42 bits per heavy atom. The van der Waals surface area contributed by atoms with Crippen molar-refractivity contribution >= 4 is 17.6 Å². The highest BCUT2D eigenvalue weighted by molar-refractivity contribution is 6.31. The SMILES string of the molecule is O=C(O)C1(c2cc(C(F)F)ccc2Cl)CCCCC1. The summed E-state index contributed by atoms with van der Waals surface area (Å²) in [5.41, 5.74) is -0.954. The highest BCUT2D eigenvalue weighted by Crippen LogP contribution is 2.43. The molecule has 0 unspecified atom stereocenters. The van der Waals surface area contributed by atoms with Crippen LogP contribution in [0.5, 0.6) is 0 Å². The molecule has 0 saturated heterocycles. The van der Waals surface area contributed by atoms with Crippen LogP contribution in [0, 0.1) is 0 Å². The topological polar surface area (TPSA) is 37.3 Å². The van der Waals surface area contributed by atoms with Crippen molar-refractivity contribution in [2.24, 2.45) is 0 Å². The second kappa shape index (κ2) is 5.45. The van der Waals surface area contributed by atoms with Gasteiger partial charge in [0.25, 0.3) is 6.43 Å². The number of carboxylic acids is 1. The van der Waals surface area contributed by atoms with Gasteiger partial charge >= 0.3 is 5.97 Å². The molecule has 0 bridgehead atoms. The third-order valence-corrected chi connectivity index (χ3v) is 4.20. The lowest BCUT2D eigenvalue weighted by atomic mass is 9.69. The van der Waals surface area contributed by atoms with E-state index in [0.29, 0.717) is 18.4 Å². The Kier molecular flexibility index (Phi) is 4.09.